The maximum absolute atomic E-state index is 10.9. The minimum Gasteiger partial charge on any atom is -0.497 e. The van der Waals surface area contributed by atoms with Crippen molar-refractivity contribution in [3.05, 3.63) is 42.0 Å². The molecule has 4 nitrogen and oxygen atoms in total. The Balaban J connectivity index is 0.00000162. The lowest BCUT2D eigenvalue weighted by molar-refractivity contribution is -0.138. The van der Waals surface area contributed by atoms with E-state index in [9.17, 15) is 4.79 Å². The highest BCUT2D eigenvalue weighted by molar-refractivity contribution is 5.86. The standard InChI is InChI=1S/C14H14O3.H2O/c1-9(14(15)16)10-3-4-12-8-13(17-2)6-5-11(12)7-10;/h3-9H,1-2H3,(H,15,16);1H2/t9-;/m0./s1. The Hall–Kier alpha value is -2.07. The van der Waals surface area contributed by atoms with E-state index in [1.807, 2.05) is 36.4 Å². The van der Waals surface area contributed by atoms with Crippen LogP contribution in [-0.2, 0) is 4.79 Å². The predicted octanol–water partition coefficient (Wildman–Crippen LogP) is 2.21. The summed E-state index contributed by atoms with van der Waals surface area (Å²) in [7, 11) is 1.63. The number of fused-ring (bicyclic) bond motifs is 1. The fourth-order valence-electron chi connectivity index (χ4n) is 1.78. The maximum atomic E-state index is 10.9. The maximum Gasteiger partial charge on any atom is 0.310 e. The van der Waals surface area contributed by atoms with Gasteiger partial charge in [0, 0.05) is 0 Å². The van der Waals surface area contributed by atoms with Crippen molar-refractivity contribution < 1.29 is 20.1 Å². The number of carbonyl (C=O) groups is 1. The van der Waals surface area contributed by atoms with Crippen molar-refractivity contribution in [2.24, 2.45) is 0 Å². The van der Waals surface area contributed by atoms with Gasteiger partial charge in [-0.05, 0) is 35.4 Å². The van der Waals surface area contributed by atoms with E-state index < -0.39 is 11.9 Å². The second kappa shape index (κ2) is 5.51. The van der Waals surface area contributed by atoms with E-state index in [1.54, 1.807) is 14.0 Å². The molecule has 0 aliphatic carbocycles. The normalized spacial score (nSPS) is 11.7. The number of carboxylic acids is 1. The van der Waals surface area contributed by atoms with Crippen molar-refractivity contribution in [2.45, 2.75) is 12.8 Å². The molecule has 0 amide bonds. The average Bonchev–Trinajstić information content (AvgIpc) is 2.36. The van der Waals surface area contributed by atoms with Gasteiger partial charge in [0.15, 0.2) is 0 Å². The summed E-state index contributed by atoms with van der Waals surface area (Å²) in [5.74, 6) is -0.490. The predicted molar refractivity (Wildman–Crippen MR) is 70.2 cm³/mol. The number of carboxylic acid groups (broad SMARTS) is 1. The van der Waals surface area contributed by atoms with Gasteiger partial charge < -0.3 is 15.3 Å². The molecule has 2 rings (SSSR count). The first-order valence-electron chi connectivity index (χ1n) is 5.42. The van der Waals surface area contributed by atoms with Gasteiger partial charge in [0.25, 0.3) is 0 Å². The lowest BCUT2D eigenvalue weighted by atomic mass is 9.98. The Morgan fingerprint density at radius 1 is 1.17 bits per heavy atom. The fourth-order valence-corrected chi connectivity index (χ4v) is 1.78. The Morgan fingerprint density at radius 2 is 1.78 bits per heavy atom. The van der Waals surface area contributed by atoms with Gasteiger partial charge >= 0.3 is 5.97 Å². The summed E-state index contributed by atoms with van der Waals surface area (Å²) in [5, 5.41) is 11.0. The summed E-state index contributed by atoms with van der Waals surface area (Å²) in [5.41, 5.74) is 0.815. The molecule has 0 aromatic heterocycles. The van der Waals surface area contributed by atoms with Crippen LogP contribution in [0.2, 0.25) is 0 Å². The molecule has 0 spiro atoms. The number of hydrogen-bond donors (Lipinski definition) is 1. The summed E-state index contributed by atoms with van der Waals surface area (Å²) in [4.78, 5) is 10.9. The zero-order valence-electron chi connectivity index (χ0n) is 10.3. The molecule has 2 aromatic rings. The van der Waals surface area contributed by atoms with Crippen LogP contribution in [0.3, 0.4) is 0 Å². The average molecular weight is 248 g/mol. The molecular formula is C14H16O4. The third kappa shape index (κ3) is 2.60. The highest BCUT2D eigenvalue weighted by atomic mass is 16.5. The van der Waals surface area contributed by atoms with Crippen molar-refractivity contribution in [2.75, 3.05) is 7.11 Å². The van der Waals surface area contributed by atoms with E-state index in [0.29, 0.717) is 0 Å². The summed E-state index contributed by atoms with van der Waals surface area (Å²) in [6.45, 7) is 1.69. The molecule has 0 saturated carbocycles. The van der Waals surface area contributed by atoms with Gasteiger partial charge in [0.2, 0.25) is 0 Å². The van der Waals surface area contributed by atoms with Crippen LogP contribution >= 0.6 is 0 Å². The number of methoxy groups -OCH3 is 1. The van der Waals surface area contributed by atoms with Crippen LogP contribution in [-0.4, -0.2) is 23.7 Å². The molecule has 0 saturated heterocycles. The van der Waals surface area contributed by atoms with Gasteiger partial charge in [-0.1, -0.05) is 24.3 Å². The zero-order chi connectivity index (χ0) is 12.4. The molecule has 0 radical (unpaired) electrons. The molecule has 0 aliphatic rings. The molecule has 0 aliphatic heterocycles. The van der Waals surface area contributed by atoms with Crippen LogP contribution in [0, 0.1) is 0 Å². The molecule has 1 atom stereocenters. The molecule has 0 heterocycles. The summed E-state index contributed by atoms with van der Waals surface area (Å²) >= 11 is 0. The van der Waals surface area contributed by atoms with Crippen LogP contribution in [0.1, 0.15) is 18.4 Å². The first-order chi connectivity index (χ1) is 8.11. The minimum absolute atomic E-state index is 0. The summed E-state index contributed by atoms with van der Waals surface area (Å²) < 4.78 is 5.14. The van der Waals surface area contributed by atoms with Crippen molar-refractivity contribution in [1.82, 2.24) is 0 Å². The van der Waals surface area contributed by atoms with Gasteiger partial charge in [-0.3, -0.25) is 4.79 Å². The lowest BCUT2D eigenvalue weighted by Crippen LogP contribution is -2.06. The van der Waals surface area contributed by atoms with E-state index in [-0.39, 0.29) is 5.48 Å². The number of hydrogen-bond acceptors (Lipinski definition) is 2. The number of ether oxygens (including phenoxy) is 1. The molecule has 2 aromatic carbocycles. The van der Waals surface area contributed by atoms with Crippen LogP contribution in [0.5, 0.6) is 5.75 Å². The minimum atomic E-state index is -0.808. The van der Waals surface area contributed by atoms with Gasteiger partial charge in [-0.25, -0.2) is 0 Å². The van der Waals surface area contributed by atoms with Crippen molar-refractivity contribution in [1.29, 1.82) is 0 Å². The molecule has 0 unspecified atom stereocenters. The smallest absolute Gasteiger partial charge is 0.310 e. The van der Waals surface area contributed by atoms with Crippen molar-refractivity contribution >= 4 is 16.7 Å². The highest BCUT2D eigenvalue weighted by Crippen LogP contribution is 2.25. The lowest BCUT2D eigenvalue weighted by Gasteiger charge is -2.08. The molecule has 4 heteroatoms. The fraction of sp³-hybridized carbons (Fsp3) is 0.214. The quantitative estimate of drug-likeness (QED) is 0.904. The number of rotatable bonds is 3. The van der Waals surface area contributed by atoms with Gasteiger partial charge in [0.05, 0.1) is 13.0 Å². The van der Waals surface area contributed by atoms with Gasteiger partial charge in [0.1, 0.15) is 5.75 Å². The van der Waals surface area contributed by atoms with Crippen molar-refractivity contribution in [3.8, 4) is 5.75 Å². The molecule has 0 fully saturated rings. The van der Waals surface area contributed by atoms with Gasteiger partial charge in [-0.15, -0.1) is 0 Å². The Morgan fingerprint density at radius 3 is 2.39 bits per heavy atom. The highest BCUT2D eigenvalue weighted by Gasteiger charge is 2.13. The topological polar surface area (TPSA) is 78.0 Å². The number of benzene rings is 2. The first-order valence-corrected chi connectivity index (χ1v) is 5.42. The second-order valence-electron chi connectivity index (χ2n) is 4.03. The van der Waals surface area contributed by atoms with Crippen LogP contribution < -0.4 is 4.74 Å². The Bertz CT molecular complexity index is 563. The summed E-state index contributed by atoms with van der Waals surface area (Å²) in [6, 6.07) is 11.4. The SMILES string of the molecule is COc1ccc2cc([C@H](C)C(=O)O)ccc2c1.O. The van der Waals surface area contributed by atoms with E-state index in [2.05, 4.69) is 0 Å². The number of aliphatic carboxylic acids is 1. The molecule has 0 bridgehead atoms. The molecule has 96 valence electrons. The van der Waals surface area contributed by atoms with Gasteiger partial charge in [-0.2, -0.15) is 0 Å². The second-order valence-corrected chi connectivity index (χ2v) is 4.03. The van der Waals surface area contributed by atoms with Crippen LogP contribution in [0.25, 0.3) is 10.8 Å². The summed E-state index contributed by atoms with van der Waals surface area (Å²) in [6.07, 6.45) is 0. The Labute approximate surface area is 105 Å². The Kier molecular flexibility index (Phi) is 4.28. The van der Waals surface area contributed by atoms with Crippen molar-refractivity contribution in [3.63, 3.8) is 0 Å². The molecule has 3 N–H and O–H groups in total. The monoisotopic (exact) mass is 248 g/mol. The molecule has 18 heavy (non-hydrogen) atoms. The van der Waals surface area contributed by atoms with E-state index >= 15 is 0 Å². The first kappa shape index (κ1) is 14.0. The van der Waals surface area contributed by atoms with E-state index in [0.717, 1.165) is 22.1 Å². The van der Waals surface area contributed by atoms with E-state index in [4.69, 9.17) is 9.84 Å². The van der Waals surface area contributed by atoms with Crippen LogP contribution in [0.15, 0.2) is 36.4 Å². The van der Waals surface area contributed by atoms with Crippen LogP contribution in [0.4, 0.5) is 0 Å². The zero-order valence-corrected chi connectivity index (χ0v) is 10.3. The third-order valence-corrected chi connectivity index (χ3v) is 2.94. The third-order valence-electron chi connectivity index (χ3n) is 2.94. The molecular weight excluding hydrogens is 232 g/mol. The van der Waals surface area contributed by atoms with E-state index in [1.165, 1.54) is 0 Å². The largest absolute Gasteiger partial charge is 0.497 e.